The molecule has 0 radical (unpaired) electrons. The van der Waals surface area contributed by atoms with Crippen molar-refractivity contribution in [3.63, 3.8) is 0 Å². The number of hydrogen-bond donors (Lipinski definition) is 0. The highest BCUT2D eigenvalue weighted by molar-refractivity contribution is 6.64. The molecule has 0 saturated heterocycles. The number of fused-ring (bicyclic) bond motifs is 9. The Morgan fingerprint density at radius 1 is 0.684 bits per heavy atom. The van der Waals surface area contributed by atoms with Crippen molar-refractivity contribution in [1.82, 2.24) is 0 Å². The van der Waals surface area contributed by atoms with Gasteiger partial charge >= 0.3 is 8.56 Å². The summed E-state index contributed by atoms with van der Waals surface area (Å²) in [4.78, 5) is 0. The molecule has 0 spiro atoms. The van der Waals surface area contributed by atoms with Crippen LogP contribution in [0.2, 0.25) is 13.1 Å². The van der Waals surface area contributed by atoms with E-state index in [4.69, 9.17) is 8.85 Å². The fraction of sp³-hybridized carbons (Fsp3) is 1.00. The summed E-state index contributed by atoms with van der Waals surface area (Å²) in [6.07, 6.45) is 9.71. The van der Waals surface area contributed by atoms with Crippen molar-refractivity contribution in [2.45, 2.75) is 51.6 Å². The van der Waals surface area contributed by atoms with Crippen molar-refractivity contribution in [3.8, 4) is 0 Å². The Bertz CT molecular complexity index is 281. The average molecular weight is 282 g/mol. The van der Waals surface area contributed by atoms with Gasteiger partial charge in [-0.25, -0.2) is 0 Å². The third-order valence-corrected chi connectivity index (χ3v) is 8.60. The van der Waals surface area contributed by atoms with Crippen LogP contribution in [-0.4, -0.2) is 22.8 Å². The van der Waals surface area contributed by atoms with Crippen LogP contribution in [0.5, 0.6) is 0 Å². The monoisotopic (exact) mass is 282 g/mol. The maximum absolute atomic E-state index is 5.00. The Kier molecular flexibility index (Phi) is 3.82. The minimum Gasteiger partial charge on any atom is -0.398 e. The molecule has 0 aliphatic heterocycles. The lowest BCUT2D eigenvalue weighted by Gasteiger charge is -2.34. The molecule has 4 saturated carbocycles. The van der Waals surface area contributed by atoms with E-state index in [2.05, 4.69) is 0 Å². The first-order valence-electron chi connectivity index (χ1n) is 8.16. The Balaban J connectivity index is 0.000000139. The van der Waals surface area contributed by atoms with E-state index in [0.717, 1.165) is 0 Å². The molecular formula is C16H30O2Si. The van der Waals surface area contributed by atoms with Gasteiger partial charge in [0.1, 0.15) is 0 Å². The molecule has 0 aromatic heterocycles. The third kappa shape index (κ3) is 2.42. The summed E-state index contributed by atoms with van der Waals surface area (Å²) in [5.74, 6) is 7.29. The molecule has 3 heteroatoms. The highest BCUT2D eigenvalue weighted by atomic mass is 28.4. The van der Waals surface area contributed by atoms with Crippen LogP contribution in [0.25, 0.3) is 0 Å². The first-order chi connectivity index (χ1) is 9.05. The van der Waals surface area contributed by atoms with E-state index >= 15 is 0 Å². The van der Waals surface area contributed by atoms with Crippen LogP contribution in [-0.2, 0) is 8.85 Å². The van der Waals surface area contributed by atoms with Crippen LogP contribution < -0.4 is 0 Å². The van der Waals surface area contributed by atoms with Crippen molar-refractivity contribution in [1.29, 1.82) is 0 Å². The van der Waals surface area contributed by atoms with Crippen LogP contribution in [0.4, 0.5) is 0 Å². The summed E-state index contributed by atoms with van der Waals surface area (Å²) in [7, 11) is 1.70. The van der Waals surface area contributed by atoms with Crippen LogP contribution in [0.3, 0.4) is 0 Å². The quantitative estimate of drug-likeness (QED) is 0.562. The molecule has 2 nitrogen and oxygen atoms in total. The van der Waals surface area contributed by atoms with Gasteiger partial charge in [-0.3, -0.25) is 0 Å². The molecule has 4 aliphatic rings. The third-order valence-electron chi connectivity index (χ3n) is 6.63. The van der Waals surface area contributed by atoms with Crippen LogP contribution >= 0.6 is 0 Å². The lowest BCUT2D eigenvalue weighted by molar-refractivity contribution is 0.146. The Morgan fingerprint density at radius 2 is 1.00 bits per heavy atom. The van der Waals surface area contributed by atoms with Gasteiger partial charge in [-0.15, -0.1) is 0 Å². The van der Waals surface area contributed by atoms with E-state index in [1.54, 1.807) is 52.7 Å². The molecule has 4 aliphatic carbocycles. The second kappa shape index (κ2) is 5.16. The predicted molar refractivity (Wildman–Crippen MR) is 80.1 cm³/mol. The van der Waals surface area contributed by atoms with Crippen molar-refractivity contribution >= 4 is 8.56 Å². The average Bonchev–Trinajstić information content (AvgIpc) is 3.17. The normalized spacial score (nSPS) is 46.1. The molecule has 4 rings (SSSR count). The van der Waals surface area contributed by atoms with Gasteiger partial charge in [0.05, 0.1) is 0 Å². The van der Waals surface area contributed by atoms with E-state index in [1.165, 1.54) is 35.5 Å². The second-order valence-electron chi connectivity index (χ2n) is 7.63. The van der Waals surface area contributed by atoms with Crippen molar-refractivity contribution in [3.05, 3.63) is 0 Å². The van der Waals surface area contributed by atoms with Gasteiger partial charge in [-0.05, 0) is 87.1 Å². The van der Waals surface area contributed by atoms with Gasteiger partial charge in [-0.1, -0.05) is 0 Å². The highest BCUT2D eigenvalue weighted by Gasteiger charge is 2.59. The minimum absolute atomic E-state index is 1.20. The lowest BCUT2D eigenvalue weighted by Crippen LogP contribution is -2.31. The molecule has 0 heterocycles. The van der Waals surface area contributed by atoms with E-state index in [0.29, 0.717) is 0 Å². The molecule has 0 N–H and O–H groups in total. The zero-order chi connectivity index (χ0) is 13.6. The molecular weight excluding hydrogens is 252 g/mol. The van der Waals surface area contributed by atoms with Gasteiger partial charge in [-0.2, -0.15) is 0 Å². The fourth-order valence-electron chi connectivity index (χ4n) is 5.61. The number of hydrogen-bond acceptors (Lipinski definition) is 2. The Morgan fingerprint density at radius 3 is 1.21 bits per heavy atom. The van der Waals surface area contributed by atoms with Crippen LogP contribution in [0, 0.1) is 35.5 Å². The van der Waals surface area contributed by atoms with Gasteiger partial charge in [0.25, 0.3) is 0 Å². The summed E-state index contributed by atoms with van der Waals surface area (Å²) in [6.45, 7) is 3.99. The van der Waals surface area contributed by atoms with E-state index in [-0.39, 0.29) is 0 Å². The van der Waals surface area contributed by atoms with Gasteiger partial charge in [0.2, 0.25) is 0 Å². The van der Waals surface area contributed by atoms with Crippen molar-refractivity contribution in [2.75, 3.05) is 14.2 Å². The smallest absolute Gasteiger partial charge is 0.331 e. The number of rotatable bonds is 2. The van der Waals surface area contributed by atoms with Crippen molar-refractivity contribution in [2.24, 2.45) is 35.5 Å². The fourth-order valence-corrected chi connectivity index (χ4v) is 5.78. The van der Waals surface area contributed by atoms with Gasteiger partial charge in [0, 0.05) is 14.2 Å². The molecule has 4 bridgehead atoms. The zero-order valence-corrected chi connectivity index (χ0v) is 14.0. The molecule has 0 aromatic carbocycles. The predicted octanol–water partition coefficient (Wildman–Crippen LogP) is 4.06. The molecule has 110 valence electrons. The standard InChI is InChI=1S/C12H18.C4H12O2Si/c1-2-8-5-7(1)11-9-3-4-10(6-9)12(8)11;1-5-7(3,4)6-2/h7-12H,1-6H2;1-4H3. The molecule has 0 amide bonds. The summed E-state index contributed by atoms with van der Waals surface area (Å²) in [5, 5.41) is 0. The van der Waals surface area contributed by atoms with Crippen LogP contribution in [0.1, 0.15) is 38.5 Å². The highest BCUT2D eigenvalue weighted by Crippen LogP contribution is 2.67. The summed E-state index contributed by atoms with van der Waals surface area (Å²) >= 11 is 0. The zero-order valence-electron chi connectivity index (χ0n) is 13.0. The van der Waals surface area contributed by atoms with Crippen LogP contribution in [0.15, 0.2) is 0 Å². The van der Waals surface area contributed by atoms with E-state index in [1.807, 2.05) is 13.1 Å². The maximum atomic E-state index is 5.00. The summed E-state index contributed by atoms with van der Waals surface area (Å²) < 4.78 is 10.0. The first-order valence-corrected chi connectivity index (χ1v) is 11.0. The topological polar surface area (TPSA) is 18.5 Å². The molecule has 4 atom stereocenters. The second-order valence-corrected chi connectivity index (χ2v) is 11.2. The molecule has 4 unspecified atom stereocenters. The van der Waals surface area contributed by atoms with E-state index < -0.39 is 8.56 Å². The molecule has 19 heavy (non-hydrogen) atoms. The maximum Gasteiger partial charge on any atom is 0.331 e. The summed E-state index contributed by atoms with van der Waals surface area (Å²) in [5.41, 5.74) is 0. The lowest BCUT2D eigenvalue weighted by atomic mass is 9.71. The molecule has 4 fully saturated rings. The SMILES string of the molecule is C1CC2CC1C1C3CCC(C3)C21.CO[Si](C)(C)OC. The van der Waals surface area contributed by atoms with Gasteiger partial charge < -0.3 is 8.85 Å². The molecule has 0 aromatic rings. The van der Waals surface area contributed by atoms with Gasteiger partial charge in [0.15, 0.2) is 0 Å². The minimum atomic E-state index is -1.65. The largest absolute Gasteiger partial charge is 0.398 e. The first kappa shape index (κ1) is 14.1. The van der Waals surface area contributed by atoms with E-state index in [9.17, 15) is 0 Å². The Labute approximate surface area is 119 Å². The summed E-state index contributed by atoms with van der Waals surface area (Å²) in [6, 6.07) is 0. The Hall–Kier alpha value is 0.137. The van der Waals surface area contributed by atoms with Crippen molar-refractivity contribution < 1.29 is 8.85 Å².